The molecule has 19 nitrogen and oxygen atoms in total. The number of allylic oxidation sites excluding steroid dienone is 2. The van der Waals surface area contributed by atoms with Crippen LogP contribution in [0.3, 0.4) is 0 Å². The van der Waals surface area contributed by atoms with Gasteiger partial charge in [-0.3, -0.25) is 4.74 Å². The SMILES string of the molecule is C=CCCCOCC(O)COCC(O)COCC(F)(F)OC(F)(F)COCOCCOCC(O)CCOCCOCC(F)(F)OC(F)(F)OC(F)(F)COCC(O)COCC(O)COCCCC=C. The van der Waals surface area contributed by atoms with Crippen molar-refractivity contribution in [3.8, 4) is 0 Å². The number of unbranched alkanes of at least 4 members (excludes halogenated alkanes) is 2. The number of rotatable bonds is 51. The van der Waals surface area contributed by atoms with Crippen LogP contribution in [0, 0.1) is 0 Å². The largest absolute Gasteiger partial charge is 0.495 e. The van der Waals surface area contributed by atoms with Gasteiger partial charge in [-0.05, 0) is 32.1 Å². The summed E-state index contributed by atoms with van der Waals surface area (Å²) in [7, 11) is 0. The van der Waals surface area contributed by atoms with Gasteiger partial charge in [0.25, 0.3) is 0 Å². The molecule has 0 amide bonds. The van der Waals surface area contributed by atoms with E-state index in [9.17, 15) is 69.4 Å². The van der Waals surface area contributed by atoms with E-state index in [-0.39, 0.29) is 65.9 Å². The average molecular weight is 1040 g/mol. The molecule has 5 N–H and O–H groups in total. The summed E-state index contributed by atoms with van der Waals surface area (Å²) < 4.78 is 201. The molecule has 29 heteroatoms. The van der Waals surface area contributed by atoms with Crippen molar-refractivity contribution in [2.45, 2.75) is 93.4 Å². The number of aliphatic hydroxyl groups excluding tert-OH is 5. The molecular formula is C40H68F10O19. The monoisotopic (exact) mass is 1040 g/mol. The molecule has 0 rings (SSSR count). The van der Waals surface area contributed by atoms with Crippen LogP contribution >= 0.6 is 0 Å². The van der Waals surface area contributed by atoms with Gasteiger partial charge < -0.3 is 77.6 Å². The van der Waals surface area contributed by atoms with Crippen molar-refractivity contribution in [2.75, 3.05) is 139 Å². The summed E-state index contributed by atoms with van der Waals surface area (Å²) in [5, 5.41) is 48.9. The van der Waals surface area contributed by atoms with Gasteiger partial charge in [0.2, 0.25) is 0 Å². The topological polar surface area (TPSA) is 230 Å². The average Bonchev–Trinajstić information content (AvgIpc) is 3.22. The Morgan fingerprint density at radius 2 is 0.681 bits per heavy atom. The summed E-state index contributed by atoms with van der Waals surface area (Å²) in [5.74, 6) is 0. The van der Waals surface area contributed by atoms with E-state index < -0.39 is 128 Å². The Kier molecular flexibility index (Phi) is 37.5. The molecule has 0 aliphatic carbocycles. The quantitative estimate of drug-likeness (QED) is 0.0255. The highest BCUT2D eigenvalue weighted by atomic mass is 19.3. The molecule has 0 saturated carbocycles. The van der Waals surface area contributed by atoms with E-state index in [2.05, 4.69) is 46.3 Å². The van der Waals surface area contributed by atoms with E-state index in [0.717, 1.165) is 6.42 Å². The fourth-order valence-electron chi connectivity index (χ4n) is 4.63. The molecule has 0 fully saturated rings. The van der Waals surface area contributed by atoms with Crippen LogP contribution < -0.4 is 0 Å². The molecule has 0 radical (unpaired) electrons. The third-order valence-electron chi connectivity index (χ3n) is 7.61. The zero-order valence-electron chi connectivity index (χ0n) is 38.1. The summed E-state index contributed by atoms with van der Waals surface area (Å²) >= 11 is 0. The lowest BCUT2D eigenvalue weighted by atomic mass is 10.3. The third kappa shape index (κ3) is 43.3. The maximum absolute atomic E-state index is 13.9. The van der Waals surface area contributed by atoms with Gasteiger partial charge in [0.1, 0.15) is 57.6 Å². The van der Waals surface area contributed by atoms with E-state index in [1.54, 1.807) is 12.2 Å². The van der Waals surface area contributed by atoms with Gasteiger partial charge in [0, 0.05) is 19.8 Å². The highest BCUT2D eigenvalue weighted by Crippen LogP contribution is 2.34. The van der Waals surface area contributed by atoms with Crippen LogP contribution in [-0.2, 0) is 66.3 Å². The van der Waals surface area contributed by atoms with Crippen molar-refractivity contribution in [1.82, 2.24) is 0 Å². The van der Waals surface area contributed by atoms with Crippen LogP contribution in [0.1, 0.15) is 32.1 Å². The van der Waals surface area contributed by atoms with Gasteiger partial charge in [-0.2, -0.15) is 35.1 Å². The lowest BCUT2D eigenvalue weighted by molar-refractivity contribution is -0.518. The number of alkyl halides is 10. The van der Waals surface area contributed by atoms with E-state index in [1.807, 2.05) is 0 Å². The predicted octanol–water partition coefficient (Wildman–Crippen LogP) is 3.22. The lowest BCUT2D eigenvalue weighted by Crippen LogP contribution is -2.44. The summed E-state index contributed by atoms with van der Waals surface area (Å²) in [6, 6.07) is 0. The molecule has 412 valence electrons. The number of hydrogen-bond acceptors (Lipinski definition) is 19. The molecule has 0 aromatic heterocycles. The molecule has 69 heavy (non-hydrogen) atoms. The summed E-state index contributed by atoms with van der Waals surface area (Å²) in [6.07, 6.45) is -24.2. The van der Waals surface area contributed by atoms with E-state index in [0.29, 0.717) is 32.5 Å². The minimum absolute atomic E-state index is 0.0338. The summed E-state index contributed by atoms with van der Waals surface area (Å²) in [5.41, 5.74) is 0. The number of hydrogen-bond donors (Lipinski definition) is 5. The Morgan fingerprint density at radius 3 is 1.14 bits per heavy atom. The zero-order chi connectivity index (χ0) is 52.1. The highest BCUT2D eigenvalue weighted by molar-refractivity contribution is 4.67. The number of ether oxygens (including phenoxy) is 14. The first-order valence-corrected chi connectivity index (χ1v) is 21.4. The number of halogens is 10. The molecule has 0 spiro atoms. The van der Waals surface area contributed by atoms with Crippen molar-refractivity contribution in [2.24, 2.45) is 0 Å². The number of aliphatic hydroxyl groups is 5. The maximum Gasteiger partial charge on any atom is 0.495 e. The van der Waals surface area contributed by atoms with Crippen LogP contribution in [0.2, 0.25) is 0 Å². The Labute approximate surface area is 393 Å². The van der Waals surface area contributed by atoms with Crippen molar-refractivity contribution < 1.29 is 136 Å². The van der Waals surface area contributed by atoms with Gasteiger partial charge in [0.15, 0.2) is 0 Å². The normalized spacial score (nSPS) is 15.3. The molecule has 0 aromatic rings. The lowest BCUT2D eigenvalue weighted by Gasteiger charge is -2.26. The minimum Gasteiger partial charge on any atom is -0.391 e. The van der Waals surface area contributed by atoms with Crippen molar-refractivity contribution >= 4 is 0 Å². The van der Waals surface area contributed by atoms with Gasteiger partial charge >= 0.3 is 30.7 Å². The van der Waals surface area contributed by atoms with Crippen LogP contribution in [-0.4, -0.2) is 226 Å². The Morgan fingerprint density at radius 1 is 0.348 bits per heavy atom. The predicted molar refractivity (Wildman–Crippen MR) is 216 cm³/mol. The standard InChI is InChI=1S/C40H68F10O19/c1-3-5-7-10-57-18-32(52)20-62-22-34(54)24-64-27-36(41,42)67-37(43,44)29-66-30-61-16-14-59-17-31(51)9-12-56-13-15-60-26-38(45,46)68-40(49,50)69-39(47,48)28-65-25-35(55)23-63-21-33(53)19-58-11-8-6-4-2/h3-4,31-35,51-55H,1-2,5-30H2. The molecule has 0 aromatic carbocycles. The first kappa shape index (κ1) is 67.0. The molecule has 0 aliphatic heterocycles. The second-order valence-electron chi connectivity index (χ2n) is 14.6. The van der Waals surface area contributed by atoms with Gasteiger partial charge in [-0.25, -0.2) is 9.47 Å². The fourth-order valence-corrected chi connectivity index (χ4v) is 4.63. The zero-order valence-corrected chi connectivity index (χ0v) is 38.1. The van der Waals surface area contributed by atoms with Crippen LogP contribution in [0.25, 0.3) is 0 Å². The molecular weight excluding hydrogens is 974 g/mol. The molecule has 5 unspecified atom stereocenters. The van der Waals surface area contributed by atoms with E-state index in [4.69, 9.17) is 33.2 Å². The van der Waals surface area contributed by atoms with Crippen molar-refractivity contribution in [3.63, 3.8) is 0 Å². The Hall–Kier alpha value is -1.98. The van der Waals surface area contributed by atoms with Crippen LogP contribution in [0.5, 0.6) is 0 Å². The van der Waals surface area contributed by atoms with E-state index in [1.165, 1.54) is 0 Å². The van der Waals surface area contributed by atoms with Gasteiger partial charge in [0.05, 0.1) is 92.0 Å². The first-order valence-electron chi connectivity index (χ1n) is 21.4. The van der Waals surface area contributed by atoms with Crippen LogP contribution in [0.15, 0.2) is 25.3 Å². The fraction of sp³-hybridized carbons (Fsp3) is 0.900. The van der Waals surface area contributed by atoms with E-state index >= 15 is 0 Å². The van der Waals surface area contributed by atoms with Crippen molar-refractivity contribution in [3.05, 3.63) is 25.3 Å². The summed E-state index contributed by atoms with van der Waals surface area (Å²) in [6.45, 7) is -5.00. The maximum atomic E-state index is 13.9. The third-order valence-corrected chi connectivity index (χ3v) is 7.61. The Balaban J connectivity index is 4.02. The molecule has 5 atom stereocenters. The second-order valence-corrected chi connectivity index (χ2v) is 14.6. The molecule has 0 aliphatic rings. The first-order chi connectivity index (χ1) is 32.4. The summed E-state index contributed by atoms with van der Waals surface area (Å²) in [4.78, 5) is 0. The highest BCUT2D eigenvalue weighted by Gasteiger charge is 2.52. The minimum atomic E-state index is -5.53. The molecule has 0 saturated heterocycles. The van der Waals surface area contributed by atoms with Crippen molar-refractivity contribution in [1.29, 1.82) is 0 Å². The van der Waals surface area contributed by atoms with Gasteiger partial charge in [-0.1, -0.05) is 12.2 Å². The molecule has 0 heterocycles. The Bertz CT molecular complexity index is 1260. The van der Waals surface area contributed by atoms with Gasteiger partial charge in [-0.15, -0.1) is 21.9 Å². The second kappa shape index (κ2) is 38.6. The van der Waals surface area contributed by atoms with Crippen LogP contribution in [0.4, 0.5) is 43.9 Å². The molecule has 0 bridgehead atoms. The smallest absolute Gasteiger partial charge is 0.391 e.